The van der Waals surface area contributed by atoms with Gasteiger partial charge in [0.2, 0.25) is 0 Å². The van der Waals surface area contributed by atoms with E-state index >= 15 is 0 Å². The van der Waals surface area contributed by atoms with Crippen molar-refractivity contribution in [1.82, 2.24) is 4.40 Å². The number of benzene rings is 9. The van der Waals surface area contributed by atoms with Gasteiger partial charge in [0.15, 0.2) is 0 Å². The SMILES string of the molecule is c1ccc(-c2cccc(-c3cccc(-c4ccc(-c5ccc6c(c5)c5cc(-c7ccccc7)cc7c8cc(-c9ccccc9)ccc8n6c75)cc4)c3)c2)cc1. The second-order valence-electron chi connectivity index (χ2n) is 14.6. The van der Waals surface area contributed by atoms with Gasteiger partial charge in [0.1, 0.15) is 0 Å². The number of fused-ring (bicyclic) bond motifs is 6. The zero-order valence-electron chi connectivity index (χ0n) is 30.2. The Morgan fingerprint density at radius 2 is 0.491 bits per heavy atom. The van der Waals surface area contributed by atoms with E-state index < -0.39 is 0 Å². The molecule has 0 aliphatic heterocycles. The Kier molecular flexibility index (Phi) is 7.25. The van der Waals surface area contributed by atoms with Crippen molar-refractivity contribution >= 4 is 38.1 Å². The molecule has 0 bridgehead atoms. The van der Waals surface area contributed by atoms with E-state index in [9.17, 15) is 0 Å². The van der Waals surface area contributed by atoms with Gasteiger partial charge in [-0.05, 0) is 115 Å². The van der Waals surface area contributed by atoms with E-state index in [-0.39, 0.29) is 0 Å². The highest BCUT2D eigenvalue weighted by atomic mass is 14.9. The summed E-state index contributed by atoms with van der Waals surface area (Å²) in [6.45, 7) is 0. The number of aromatic nitrogens is 1. The van der Waals surface area contributed by atoms with E-state index in [0.29, 0.717) is 0 Å². The minimum absolute atomic E-state index is 1.21. The molecule has 0 aliphatic carbocycles. The summed E-state index contributed by atoms with van der Waals surface area (Å²) in [5.41, 5.74) is 18.5. The summed E-state index contributed by atoms with van der Waals surface area (Å²) >= 11 is 0. The summed E-state index contributed by atoms with van der Waals surface area (Å²) in [7, 11) is 0. The van der Waals surface area contributed by atoms with Crippen LogP contribution >= 0.6 is 0 Å². The van der Waals surface area contributed by atoms with E-state index in [4.69, 9.17) is 0 Å². The Hall–Kier alpha value is -7.22. The summed E-state index contributed by atoms with van der Waals surface area (Å²) < 4.78 is 2.48. The monoisotopic (exact) mass is 697 g/mol. The van der Waals surface area contributed by atoms with Crippen LogP contribution in [0.2, 0.25) is 0 Å². The van der Waals surface area contributed by atoms with Gasteiger partial charge in [-0.25, -0.2) is 0 Å². The third-order valence-electron chi connectivity index (χ3n) is 11.3. The Labute approximate surface area is 320 Å². The summed E-state index contributed by atoms with van der Waals surface area (Å²) in [6.07, 6.45) is 0. The molecular formula is C54H35N. The van der Waals surface area contributed by atoms with Crippen molar-refractivity contribution in [2.24, 2.45) is 0 Å². The number of hydrogen-bond acceptors (Lipinski definition) is 0. The smallest absolute Gasteiger partial charge is 0.0620 e. The fourth-order valence-corrected chi connectivity index (χ4v) is 8.58. The van der Waals surface area contributed by atoms with Gasteiger partial charge in [0.05, 0.1) is 16.6 Å². The van der Waals surface area contributed by atoms with Crippen molar-refractivity contribution in [2.45, 2.75) is 0 Å². The van der Waals surface area contributed by atoms with Crippen LogP contribution in [-0.2, 0) is 0 Å². The van der Waals surface area contributed by atoms with E-state index in [1.807, 2.05) is 0 Å². The van der Waals surface area contributed by atoms with E-state index in [2.05, 4.69) is 217 Å². The van der Waals surface area contributed by atoms with Gasteiger partial charge in [-0.3, -0.25) is 0 Å². The molecule has 9 aromatic carbocycles. The maximum Gasteiger partial charge on any atom is 0.0620 e. The van der Waals surface area contributed by atoms with Crippen LogP contribution in [-0.4, -0.2) is 4.40 Å². The van der Waals surface area contributed by atoms with Gasteiger partial charge < -0.3 is 4.40 Å². The molecule has 11 aromatic rings. The van der Waals surface area contributed by atoms with Crippen LogP contribution in [0, 0.1) is 0 Å². The predicted octanol–water partition coefficient (Wildman–Crippen LogP) is 14.8. The molecule has 2 heterocycles. The molecule has 55 heavy (non-hydrogen) atoms. The first-order valence-electron chi connectivity index (χ1n) is 19.0. The molecule has 0 saturated heterocycles. The van der Waals surface area contributed by atoms with Crippen LogP contribution in [0.25, 0.3) is 105 Å². The Morgan fingerprint density at radius 3 is 0.909 bits per heavy atom. The third kappa shape index (κ3) is 5.32. The molecule has 0 N–H and O–H groups in total. The molecular weight excluding hydrogens is 663 g/mol. The first-order valence-corrected chi connectivity index (χ1v) is 19.0. The molecule has 0 saturated carbocycles. The largest absolute Gasteiger partial charge is 0.308 e. The van der Waals surface area contributed by atoms with Gasteiger partial charge in [-0.1, -0.05) is 164 Å². The zero-order chi connectivity index (χ0) is 36.3. The minimum Gasteiger partial charge on any atom is -0.308 e. The van der Waals surface area contributed by atoms with Crippen molar-refractivity contribution in [1.29, 1.82) is 0 Å². The molecule has 0 fully saturated rings. The maximum absolute atomic E-state index is 2.48. The topological polar surface area (TPSA) is 4.41 Å². The van der Waals surface area contributed by atoms with E-state index in [0.717, 1.165) is 0 Å². The molecule has 0 radical (unpaired) electrons. The highest BCUT2D eigenvalue weighted by Crippen LogP contribution is 2.44. The highest BCUT2D eigenvalue weighted by Gasteiger charge is 2.20. The average Bonchev–Trinajstić information content (AvgIpc) is 3.78. The van der Waals surface area contributed by atoms with Gasteiger partial charge >= 0.3 is 0 Å². The first kappa shape index (κ1) is 31.3. The molecule has 1 heteroatoms. The standard InChI is InChI=1S/C54H35N/c1-4-12-36(13-5-1)41-18-10-20-43(30-41)44-21-11-19-42(31-44)39-22-24-40(25-23-39)46-27-29-53-49(33-46)51-35-47(38-16-8-3-9-17-38)34-50-48-32-45(37-14-6-2-7-15-37)26-28-52(48)55(53)54(50)51/h1-35H. The fraction of sp³-hybridized carbons (Fsp3) is 0. The van der Waals surface area contributed by atoms with Crippen LogP contribution in [0.5, 0.6) is 0 Å². The number of nitrogens with zero attached hydrogens (tertiary/aromatic N) is 1. The summed E-state index contributed by atoms with van der Waals surface area (Å²) in [6, 6.07) is 77.6. The van der Waals surface area contributed by atoms with Gasteiger partial charge in [0.25, 0.3) is 0 Å². The molecule has 2 aromatic heterocycles. The molecule has 11 rings (SSSR count). The van der Waals surface area contributed by atoms with Gasteiger partial charge in [-0.15, -0.1) is 0 Å². The van der Waals surface area contributed by atoms with Crippen LogP contribution in [0.15, 0.2) is 212 Å². The Morgan fingerprint density at radius 1 is 0.200 bits per heavy atom. The van der Waals surface area contributed by atoms with Crippen molar-refractivity contribution in [3.63, 3.8) is 0 Å². The molecule has 1 nitrogen and oxygen atoms in total. The number of rotatable bonds is 6. The average molecular weight is 698 g/mol. The lowest BCUT2D eigenvalue weighted by Crippen LogP contribution is -1.85. The predicted molar refractivity (Wildman–Crippen MR) is 234 cm³/mol. The molecule has 256 valence electrons. The molecule has 0 unspecified atom stereocenters. The summed E-state index contributed by atoms with van der Waals surface area (Å²) in [5.74, 6) is 0. The van der Waals surface area contributed by atoms with Crippen LogP contribution in [0.3, 0.4) is 0 Å². The maximum atomic E-state index is 2.48. The lowest BCUT2D eigenvalue weighted by Gasteiger charge is -2.10. The van der Waals surface area contributed by atoms with Crippen molar-refractivity contribution < 1.29 is 0 Å². The van der Waals surface area contributed by atoms with E-state index in [1.54, 1.807) is 0 Å². The normalized spacial score (nSPS) is 11.6. The lowest BCUT2D eigenvalue weighted by molar-refractivity contribution is 1.37. The molecule has 0 spiro atoms. The highest BCUT2D eigenvalue weighted by molar-refractivity contribution is 6.25. The summed E-state index contributed by atoms with van der Waals surface area (Å²) in [4.78, 5) is 0. The zero-order valence-corrected chi connectivity index (χ0v) is 30.2. The van der Waals surface area contributed by atoms with Crippen molar-refractivity contribution in [3.8, 4) is 66.8 Å². The first-order chi connectivity index (χ1) is 27.2. The van der Waals surface area contributed by atoms with Crippen molar-refractivity contribution in [3.05, 3.63) is 212 Å². The molecule has 0 amide bonds. The van der Waals surface area contributed by atoms with Crippen molar-refractivity contribution in [2.75, 3.05) is 0 Å². The second-order valence-corrected chi connectivity index (χ2v) is 14.6. The Balaban J connectivity index is 0.998. The fourth-order valence-electron chi connectivity index (χ4n) is 8.58. The minimum atomic E-state index is 1.21. The van der Waals surface area contributed by atoms with Gasteiger partial charge in [-0.2, -0.15) is 0 Å². The van der Waals surface area contributed by atoms with Gasteiger partial charge in [0, 0.05) is 21.5 Å². The second kappa shape index (κ2) is 12.7. The third-order valence-corrected chi connectivity index (χ3v) is 11.3. The quantitative estimate of drug-likeness (QED) is 0.163. The van der Waals surface area contributed by atoms with E-state index in [1.165, 1.54) is 105 Å². The van der Waals surface area contributed by atoms with Crippen LogP contribution in [0.1, 0.15) is 0 Å². The lowest BCUT2D eigenvalue weighted by atomic mass is 9.95. The Bertz CT molecular complexity index is 3160. The molecule has 0 atom stereocenters. The summed E-state index contributed by atoms with van der Waals surface area (Å²) in [5, 5.41) is 5.14. The number of hydrogen-bond donors (Lipinski definition) is 0. The van der Waals surface area contributed by atoms with Crippen LogP contribution in [0.4, 0.5) is 0 Å². The van der Waals surface area contributed by atoms with Crippen LogP contribution < -0.4 is 0 Å². The molecule has 0 aliphatic rings.